The molecular formula is C22H19N3O6S. The van der Waals surface area contributed by atoms with Crippen LogP contribution in [0.1, 0.15) is 23.4 Å². The van der Waals surface area contributed by atoms with E-state index in [4.69, 9.17) is 9.47 Å². The molecule has 32 heavy (non-hydrogen) atoms. The molecule has 3 aromatic rings. The van der Waals surface area contributed by atoms with Gasteiger partial charge in [0.2, 0.25) is 5.13 Å². The summed E-state index contributed by atoms with van der Waals surface area (Å²) in [5, 5.41) is 11.9. The fourth-order valence-electron chi connectivity index (χ4n) is 2.49. The number of carboxylic acid groups (broad SMARTS) is 1. The second-order valence-corrected chi connectivity index (χ2v) is 7.14. The van der Waals surface area contributed by atoms with E-state index in [1.54, 1.807) is 0 Å². The van der Waals surface area contributed by atoms with E-state index >= 15 is 0 Å². The van der Waals surface area contributed by atoms with Gasteiger partial charge in [0.1, 0.15) is 18.8 Å². The Bertz CT molecular complexity index is 1100. The summed E-state index contributed by atoms with van der Waals surface area (Å²) < 4.78 is 14.2. The van der Waals surface area contributed by atoms with Crippen molar-refractivity contribution in [2.45, 2.75) is 19.6 Å². The predicted octanol–water partition coefficient (Wildman–Crippen LogP) is 3.89. The summed E-state index contributed by atoms with van der Waals surface area (Å²) in [7, 11) is 0. The third-order valence-corrected chi connectivity index (χ3v) is 4.67. The molecule has 2 aromatic carbocycles. The molecule has 0 aliphatic heterocycles. The average molecular weight is 453 g/mol. The maximum absolute atomic E-state index is 11.9. The number of carboxylic acids is 1. The van der Waals surface area contributed by atoms with Crippen molar-refractivity contribution in [1.82, 2.24) is 9.36 Å². The summed E-state index contributed by atoms with van der Waals surface area (Å²) in [5.41, 5.74) is 1.36. The van der Waals surface area contributed by atoms with Gasteiger partial charge in [0.25, 0.3) is 0 Å². The molecule has 0 bridgehead atoms. The number of nitrogens with one attached hydrogen (secondary N) is 1. The molecule has 0 saturated carbocycles. The first-order chi connectivity index (χ1) is 15.5. The minimum absolute atomic E-state index is 0.0665. The highest BCUT2D eigenvalue weighted by atomic mass is 32.1. The smallest absolute Gasteiger partial charge is 0.413 e. The molecule has 164 valence electrons. The number of rotatable bonds is 9. The molecule has 0 radical (unpaired) electrons. The van der Waals surface area contributed by atoms with Crippen molar-refractivity contribution in [3.63, 3.8) is 0 Å². The predicted molar refractivity (Wildman–Crippen MR) is 117 cm³/mol. The Balaban J connectivity index is 1.54. The highest BCUT2D eigenvalue weighted by Gasteiger charge is 2.18. The van der Waals surface area contributed by atoms with Crippen molar-refractivity contribution >= 4 is 40.3 Å². The summed E-state index contributed by atoms with van der Waals surface area (Å²) >= 11 is 0.794. The Hall–Kier alpha value is -4.05. The number of esters is 1. The van der Waals surface area contributed by atoms with Crippen molar-refractivity contribution in [3.05, 3.63) is 83.7 Å². The quantitative estimate of drug-likeness (QED) is 0.369. The van der Waals surface area contributed by atoms with Crippen molar-refractivity contribution in [1.29, 1.82) is 0 Å². The van der Waals surface area contributed by atoms with Crippen LogP contribution in [0.3, 0.4) is 0 Å². The minimum Gasteiger partial charge on any atom is -0.478 e. The van der Waals surface area contributed by atoms with Crippen molar-refractivity contribution in [2.75, 3.05) is 5.32 Å². The molecule has 0 saturated heterocycles. The maximum Gasteiger partial charge on any atom is 0.413 e. The summed E-state index contributed by atoms with van der Waals surface area (Å²) in [4.78, 5) is 39.4. The number of carbonyl (C=O) groups is 3. The fourth-order valence-corrected chi connectivity index (χ4v) is 3.06. The molecule has 0 spiro atoms. The lowest BCUT2D eigenvalue weighted by molar-refractivity contribution is -0.143. The molecule has 0 unspecified atom stereocenters. The lowest BCUT2D eigenvalue weighted by Crippen LogP contribution is -2.13. The lowest BCUT2D eigenvalue weighted by atomic mass is 10.2. The Kier molecular flexibility index (Phi) is 8.04. The Labute approximate surface area is 187 Å². The molecule has 3 rings (SSSR count). The molecule has 9 nitrogen and oxygen atoms in total. The van der Waals surface area contributed by atoms with Crippen LogP contribution in [0, 0.1) is 0 Å². The third kappa shape index (κ3) is 7.03. The molecule has 0 aliphatic carbocycles. The van der Waals surface area contributed by atoms with Crippen molar-refractivity contribution < 1.29 is 29.0 Å². The standard InChI is InChI=1S/C22H19N3O6S/c26-18(30-13-15-7-3-1-4-8-15)12-11-17(20(27)28)19-23-21(32-25-19)24-22(29)31-14-16-9-5-2-6-10-16/h1-11H,12-14H2,(H,27,28)(H,23,24,25,29)/b17-11+. The third-order valence-electron chi connectivity index (χ3n) is 4.03. The molecule has 0 atom stereocenters. The minimum atomic E-state index is -1.31. The number of carbonyl (C=O) groups excluding carboxylic acids is 2. The summed E-state index contributed by atoms with van der Waals surface area (Å²) in [6, 6.07) is 18.2. The SMILES string of the molecule is O=C(C/C=C(/C(=O)O)c1nsc(NC(=O)OCc2ccccc2)n1)OCc1ccccc1. The first kappa shape index (κ1) is 22.6. The van der Waals surface area contributed by atoms with E-state index in [1.165, 1.54) is 6.08 Å². The first-order valence-corrected chi connectivity index (χ1v) is 10.2. The van der Waals surface area contributed by atoms with Crippen molar-refractivity contribution in [3.8, 4) is 0 Å². The van der Waals surface area contributed by atoms with Gasteiger partial charge in [0.15, 0.2) is 5.82 Å². The van der Waals surface area contributed by atoms with E-state index in [2.05, 4.69) is 14.7 Å². The topological polar surface area (TPSA) is 128 Å². The number of nitrogens with zero attached hydrogens (tertiary/aromatic N) is 2. The van der Waals surface area contributed by atoms with Crippen LogP contribution in [0.25, 0.3) is 5.57 Å². The molecule has 1 amide bonds. The highest BCUT2D eigenvalue weighted by Crippen LogP contribution is 2.19. The molecule has 2 N–H and O–H groups in total. The highest BCUT2D eigenvalue weighted by molar-refractivity contribution is 7.10. The monoisotopic (exact) mass is 453 g/mol. The molecule has 10 heteroatoms. The van der Waals surface area contributed by atoms with Crippen LogP contribution in [-0.4, -0.2) is 32.5 Å². The van der Waals surface area contributed by atoms with E-state index in [-0.39, 0.29) is 36.2 Å². The molecule has 1 aromatic heterocycles. The van der Waals surface area contributed by atoms with E-state index in [0.29, 0.717) is 0 Å². The van der Waals surface area contributed by atoms with Gasteiger partial charge in [-0.1, -0.05) is 66.7 Å². The van der Waals surface area contributed by atoms with Crippen LogP contribution >= 0.6 is 11.5 Å². The Morgan fingerprint density at radius 2 is 1.53 bits per heavy atom. The summed E-state index contributed by atoms with van der Waals surface area (Å²) in [6.07, 6.45) is 0.159. The number of benzene rings is 2. The van der Waals surface area contributed by atoms with Gasteiger partial charge in [-0.15, -0.1) is 0 Å². The van der Waals surface area contributed by atoms with Crippen LogP contribution in [-0.2, 0) is 32.3 Å². The Morgan fingerprint density at radius 1 is 0.938 bits per heavy atom. The van der Waals surface area contributed by atoms with Crippen LogP contribution in [0.2, 0.25) is 0 Å². The van der Waals surface area contributed by atoms with Gasteiger partial charge in [0.05, 0.1) is 6.42 Å². The van der Waals surface area contributed by atoms with Gasteiger partial charge in [-0.2, -0.15) is 9.36 Å². The number of ether oxygens (including phenoxy) is 2. The number of aromatic nitrogens is 2. The zero-order valence-electron chi connectivity index (χ0n) is 16.8. The summed E-state index contributed by atoms with van der Waals surface area (Å²) in [5.74, 6) is -2.03. The van der Waals surface area contributed by atoms with E-state index < -0.39 is 18.0 Å². The van der Waals surface area contributed by atoms with E-state index in [9.17, 15) is 19.5 Å². The van der Waals surface area contributed by atoms with Gasteiger partial charge < -0.3 is 14.6 Å². The molecule has 0 aliphatic rings. The molecular weight excluding hydrogens is 434 g/mol. The summed E-state index contributed by atoms with van der Waals surface area (Å²) in [6.45, 7) is 0.160. The lowest BCUT2D eigenvalue weighted by Gasteiger charge is -2.04. The van der Waals surface area contributed by atoms with Gasteiger partial charge >= 0.3 is 18.0 Å². The zero-order chi connectivity index (χ0) is 22.8. The maximum atomic E-state index is 11.9. The first-order valence-electron chi connectivity index (χ1n) is 9.46. The largest absolute Gasteiger partial charge is 0.478 e. The van der Waals surface area contributed by atoms with Gasteiger partial charge in [-0.25, -0.2) is 9.59 Å². The molecule has 0 fully saturated rings. The van der Waals surface area contributed by atoms with E-state index in [0.717, 1.165) is 22.7 Å². The number of amides is 1. The van der Waals surface area contributed by atoms with Gasteiger partial charge in [0, 0.05) is 11.5 Å². The second-order valence-electron chi connectivity index (χ2n) is 6.38. The number of hydrogen-bond donors (Lipinski definition) is 2. The van der Waals surface area contributed by atoms with Crippen LogP contribution in [0.4, 0.5) is 9.93 Å². The van der Waals surface area contributed by atoms with Gasteiger partial charge in [-0.3, -0.25) is 10.1 Å². The van der Waals surface area contributed by atoms with Crippen LogP contribution in [0.5, 0.6) is 0 Å². The Morgan fingerprint density at radius 3 is 2.12 bits per heavy atom. The van der Waals surface area contributed by atoms with E-state index in [1.807, 2.05) is 60.7 Å². The normalized spacial score (nSPS) is 10.9. The van der Waals surface area contributed by atoms with Crippen molar-refractivity contribution in [2.24, 2.45) is 0 Å². The molecule has 1 heterocycles. The number of hydrogen-bond acceptors (Lipinski definition) is 8. The zero-order valence-corrected chi connectivity index (χ0v) is 17.6. The fraction of sp³-hybridized carbons (Fsp3) is 0.136. The van der Waals surface area contributed by atoms with Gasteiger partial charge in [-0.05, 0) is 11.1 Å². The van der Waals surface area contributed by atoms with Crippen LogP contribution < -0.4 is 5.32 Å². The second kappa shape index (κ2) is 11.4. The number of anilines is 1. The number of aliphatic carboxylic acids is 1. The van der Waals surface area contributed by atoms with Crippen LogP contribution in [0.15, 0.2) is 66.7 Å². The average Bonchev–Trinajstić information content (AvgIpc) is 3.25.